The standard InChI is InChI=1S/C43H39N5.C40H40N4.2Pt/c1-29(2)38-26-30(3)25-33(6)41(38)47-28-39(34-17-9-7-10-18-34)45-43(47)48(36-20-11-8-12-21-36)37-22-14-19-35(27-37)42-44-23-24-46(42)40-31(4)15-13-16-32(40)5;1-26(2)34-21-28(5)22-35(27(3)4)39(34)44-25-36(32-16-9-8-10-17-32)42-37(44)24-31-15-12-18-33(23-31)40-41-19-20-43(40)38-29(6)13-11-14-30(38)7;;/h7-17,19-26,28-29H,1-6H3;8-16,18-22,25-27H,24H2,1-7H3;;/q2*-2;2*+2. The number of imidazole rings is 4. The van der Waals surface area contributed by atoms with Crippen LogP contribution in [0.25, 0.3) is 68.0 Å². The van der Waals surface area contributed by atoms with Crippen molar-refractivity contribution in [2.45, 2.75) is 114 Å². The average molecular weight is 1590 g/mol. The zero-order valence-electron chi connectivity index (χ0n) is 55.8. The van der Waals surface area contributed by atoms with Crippen LogP contribution in [0.15, 0.2) is 213 Å². The van der Waals surface area contributed by atoms with Gasteiger partial charge in [0.05, 0.1) is 23.0 Å². The van der Waals surface area contributed by atoms with Crippen LogP contribution < -0.4 is 4.90 Å². The summed E-state index contributed by atoms with van der Waals surface area (Å²) < 4.78 is 8.94. The van der Waals surface area contributed by atoms with Crippen molar-refractivity contribution in [3.05, 3.63) is 304 Å². The van der Waals surface area contributed by atoms with E-state index < -0.39 is 0 Å². The molecule has 11 heteroatoms. The maximum absolute atomic E-state index is 5.37. The number of aryl methyl sites for hydroxylation is 7. The van der Waals surface area contributed by atoms with Crippen LogP contribution in [-0.2, 0) is 48.6 Å². The minimum Gasteiger partial charge on any atom is -0.340 e. The third kappa shape index (κ3) is 14.1. The van der Waals surface area contributed by atoms with Gasteiger partial charge in [-0.1, -0.05) is 132 Å². The van der Waals surface area contributed by atoms with Crippen LogP contribution in [0.2, 0.25) is 0 Å². The van der Waals surface area contributed by atoms with E-state index in [-0.39, 0.29) is 42.1 Å². The normalized spacial score (nSPS) is 11.2. The Morgan fingerprint density at radius 3 is 1.39 bits per heavy atom. The number of benzene rings is 9. The summed E-state index contributed by atoms with van der Waals surface area (Å²) in [5, 5.41) is 0. The Hall–Kier alpha value is -9.00. The van der Waals surface area contributed by atoms with Crippen molar-refractivity contribution in [1.82, 2.24) is 38.2 Å². The predicted molar refractivity (Wildman–Crippen MR) is 378 cm³/mol. The summed E-state index contributed by atoms with van der Waals surface area (Å²) in [4.78, 5) is 22.4. The summed E-state index contributed by atoms with van der Waals surface area (Å²) in [6.07, 6.45) is 12.8. The Bertz CT molecular complexity index is 4670. The van der Waals surface area contributed by atoms with Gasteiger partial charge in [0, 0.05) is 59.7 Å². The van der Waals surface area contributed by atoms with Gasteiger partial charge >= 0.3 is 42.1 Å². The van der Waals surface area contributed by atoms with Crippen LogP contribution in [0.5, 0.6) is 0 Å². The van der Waals surface area contributed by atoms with Crippen LogP contribution in [-0.4, -0.2) is 38.2 Å². The van der Waals surface area contributed by atoms with Crippen molar-refractivity contribution in [1.29, 1.82) is 0 Å². The van der Waals surface area contributed by atoms with Gasteiger partial charge in [0.2, 0.25) is 5.95 Å². The molecular formula is C83H79N9Pt2. The first-order valence-electron chi connectivity index (χ1n) is 32.0. The van der Waals surface area contributed by atoms with E-state index >= 15 is 0 Å². The summed E-state index contributed by atoms with van der Waals surface area (Å²) in [5.41, 5.74) is 25.7. The molecule has 0 aliphatic rings. The maximum atomic E-state index is 5.37. The molecule has 0 aliphatic carbocycles. The molecule has 0 unspecified atom stereocenters. The molecule has 0 saturated heterocycles. The van der Waals surface area contributed by atoms with Gasteiger partial charge in [0.15, 0.2) is 0 Å². The van der Waals surface area contributed by atoms with Crippen molar-refractivity contribution in [3.8, 4) is 68.0 Å². The van der Waals surface area contributed by atoms with Crippen LogP contribution in [0.1, 0.15) is 126 Å². The van der Waals surface area contributed by atoms with Crippen LogP contribution >= 0.6 is 0 Å². The third-order valence-electron chi connectivity index (χ3n) is 17.1. The molecule has 4 aromatic heterocycles. The molecule has 0 atom stereocenters. The van der Waals surface area contributed by atoms with Gasteiger partial charge in [0.25, 0.3) is 0 Å². The molecule has 0 N–H and O–H groups in total. The monoisotopic (exact) mass is 1590 g/mol. The fourth-order valence-electron chi connectivity index (χ4n) is 12.9. The minimum absolute atomic E-state index is 0. The first-order chi connectivity index (χ1) is 44.5. The minimum atomic E-state index is 0. The number of anilines is 3. The van der Waals surface area contributed by atoms with Crippen LogP contribution in [0.3, 0.4) is 0 Å². The van der Waals surface area contributed by atoms with E-state index in [0.717, 1.165) is 85.4 Å². The average Bonchev–Trinajstić information content (AvgIpc) is 1.56. The first kappa shape index (κ1) is 67.9. The molecule has 476 valence electrons. The van der Waals surface area contributed by atoms with Crippen molar-refractivity contribution in [3.63, 3.8) is 0 Å². The summed E-state index contributed by atoms with van der Waals surface area (Å²) in [7, 11) is 0. The van der Waals surface area contributed by atoms with Crippen molar-refractivity contribution >= 4 is 17.3 Å². The topological polar surface area (TPSA) is 74.5 Å². The summed E-state index contributed by atoms with van der Waals surface area (Å²) in [6.45, 7) is 28.8. The molecule has 13 rings (SSSR count). The van der Waals surface area contributed by atoms with Gasteiger partial charge in [-0.3, -0.25) is 29.4 Å². The second-order valence-corrected chi connectivity index (χ2v) is 25.1. The fraction of sp³-hybridized carbons (Fsp3) is 0.205. The largest absolute Gasteiger partial charge is 2.00 e. The van der Waals surface area contributed by atoms with Gasteiger partial charge in [0.1, 0.15) is 5.82 Å². The van der Waals surface area contributed by atoms with Gasteiger partial charge in [-0.15, -0.1) is 137 Å². The van der Waals surface area contributed by atoms with E-state index in [1.54, 1.807) is 0 Å². The molecule has 4 heterocycles. The fourth-order valence-corrected chi connectivity index (χ4v) is 12.9. The third-order valence-corrected chi connectivity index (χ3v) is 17.1. The first-order valence-corrected chi connectivity index (χ1v) is 32.0. The smallest absolute Gasteiger partial charge is 0.340 e. The number of hydrogen-bond donors (Lipinski definition) is 0. The second-order valence-electron chi connectivity index (χ2n) is 25.1. The number of nitrogens with zero attached hydrogens (tertiary/aromatic N) is 9. The Kier molecular flexibility index (Phi) is 21.3. The van der Waals surface area contributed by atoms with E-state index in [9.17, 15) is 0 Å². The number of rotatable bonds is 16. The molecule has 9 aromatic carbocycles. The molecule has 0 saturated carbocycles. The van der Waals surface area contributed by atoms with Crippen LogP contribution in [0, 0.1) is 72.7 Å². The van der Waals surface area contributed by atoms with E-state index in [4.69, 9.17) is 19.9 Å². The predicted octanol–water partition coefficient (Wildman–Crippen LogP) is 20.6. The molecular weight excluding hydrogens is 1510 g/mol. The molecule has 0 fully saturated rings. The van der Waals surface area contributed by atoms with E-state index in [2.05, 4.69) is 283 Å². The number of para-hydroxylation sites is 3. The number of aromatic nitrogens is 8. The molecule has 0 bridgehead atoms. The Morgan fingerprint density at radius 1 is 0.415 bits per heavy atom. The van der Waals surface area contributed by atoms with E-state index in [0.29, 0.717) is 24.2 Å². The molecule has 9 nitrogen and oxygen atoms in total. The Morgan fingerprint density at radius 2 is 0.872 bits per heavy atom. The van der Waals surface area contributed by atoms with Gasteiger partial charge in [-0.2, -0.15) is 0 Å². The Balaban J connectivity index is 0.000000202. The summed E-state index contributed by atoms with van der Waals surface area (Å²) >= 11 is 0. The maximum Gasteiger partial charge on any atom is 2.00 e. The Labute approximate surface area is 584 Å². The number of hydrogen-bond acceptors (Lipinski definition) is 5. The van der Waals surface area contributed by atoms with E-state index in [1.807, 2.05) is 67.3 Å². The van der Waals surface area contributed by atoms with Gasteiger partial charge < -0.3 is 13.7 Å². The molecule has 0 aliphatic heterocycles. The van der Waals surface area contributed by atoms with Crippen LogP contribution in [0.4, 0.5) is 17.3 Å². The van der Waals surface area contributed by atoms with Crippen molar-refractivity contribution in [2.24, 2.45) is 0 Å². The SMILES string of the molecule is Cc1cc(C(C)C)c(-n2cc(-c3[c-]cccc3)nc2Cc2[c-]c(-c3nccn3-c3c(C)cccc3C)ccc2)c(C(C)C)c1.Cc1cc(C)c(-n2cc(-c3[c-]cccc3)nc2N(c2[c-]c(-c3nccn3-c3c(C)cccc3C)ccc2)c2ccccc2)c(C(C)C)c1.[Pt+2].[Pt+2]. The molecule has 13 aromatic rings. The molecule has 0 spiro atoms. The molecule has 94 heavy (non-hydrogen) atoms. The van der Waals surface area contributed by atoms with Crippen molar-refractivity contribution in [2.75, 3.05) is 4.90 Å². The summed E-state index contributed by atoms with van der Waals surface area (Å²) in [5.74, 6) is 4.51. The molecule has 0 amide bonds. The van der Waals surface area contributed by atoms with Gasteiger partial charge in [-0.05, 0) is 141 Å². The quantitative estimate of drug-likeness (QED) is 0.0901. The summed E-state index contributed by atoms with van der Waals surface area (Å²) in [6, 6.07) is 75.4. The van der Waals surface area contributed by atoms with Crippen molar-refractivity contribution < 1.29 is 42.1 Å². The zero-order valence-corrected chi connectivity index (χ0v) is 60.3. The second kappa shape index (κ2) is 29.5. The molecule has 0 radical (unpaired) electrons. The van der Waals surface area contributed by atoms with Gasteiger partial charge in [-0.25, -0.2) is 0 Å². The van der Waals surface area contributed by atoms with E-state index in [1.165, 1.54) is 67.0 Å². The zero-order chi connectivity index (χ0) is 64.3.